The lowest BCUT2D eigenvalue weighted by atomic mass is 9.97. The second kappa shape index (κ2) is 7.04. The Hall–Kier alpha value is -2.71. The summed E-state index contributed by atoms with van der Waals surface area (Å²) in [5, 5.41) is 3.81. The van der Waals surface area contributed by atoms with Crippen LogP contribution in [0.4, 0.5) is 0 Å². The van der Waals surface area contributed by atoms with Gasteiger partial charge >= 0.3 is 5.69 Å². The molecule has 0 radical (unpaired) electrons. The van der Waals surface area contributed by atoms with Crippen molar-refractivity contribution in [2.75, 3.05) is 13.1 Å². The summed E-state index contributed by atoms with van der Waals surface area (Å²) in [5.74, 6) is 1.19. The van der Waals surface area contributed by atoms with Gasteiger partial charge in [0.2, 0.25) is 11.8 Å². The third-order valence-electron chi connectivity index (χ3n) is 4.51. The Labute approximate surface area is 143 Å². The van der Waals surface area contributed by atoms with Crippen LogP contribution >= 0.6 is 0 Å². The average Bonchev–Trinajstić information content (AvgIpc) is 3.00. The number of hydrogen-bond donors (Lipinski definition) is 2. The third-order valence-corrected chi connectivity index (χ3v) is 4.51. The maximum absolute atomic E-state index is 12.5. The summed E-state index contributed by atoms with van der Waals surface area (Å²) >= 11 is 0. The Kier molecular flexibility index (Phi) is 4.82. The maximum atomic E-state index is 12.5. The van der Waals surface area contributed by atoms with Crippen LogP contribution in [0, 0.1) is 13.8 Å². The number of nitrogens with one attached hydrogen (secondary N) is 2. The van der Waals surface area contributed by atoms with Crippen molar-refractivity contribution in [1.29, 1.82) is 0 Å². The third kappa shape index (κ3) is 3.86. The van der Waals surface area contributed by atoms with E-state index in [1.54, 1.807) is 18.7 Å². The van der Waals surface area contributed by atoms with E-state index in [1.807, 2.05) is 0 Å². The van der Waals surface area contributed by atoms with Gasteiger partial charge in [0.25, 0.3) is 5.56 Å². The topological polar surface area (TPSA) is 125 Å². The Bertz CT molecular complexity index is 881. The molecule has 0 aliphatic carbocycles. The van der Waals surface area contributed by atoms with Crippen molar-refractivity contribution in [2.45, 2.75) is 45.4 Å². The molecule has 1 aliphatic heterocycles. The lowest BCUT2D eigenvalue weighted by molar-refractivity contribution is -0.132. The molecule has 1 atom stereocenters. The van der Waals surface area contributed by atoms with Gasteiger partial charge in [-0.25, -0.2) is 4.79 Å². The quantitative estimate of drug-likeness (QED) is 0.825. The van der Waals surface area contributed by atoms with Gasteiger partial charge in [0.05, 0.1) is 5.92 Å². The van der Waals surface area contributed by atoms with Crippen molar-refractivity contribution in [3.8, 4) is 0 Å². The molecule has 1 fully saturated rings. The maximum Gasteiger partial charge on any atom is 0.325 e. The molecular formula is C16H21N5O4. The summed E-state index contributed by atoms with van der Waals surface area (Å²) < 4.78 is 5.23. The fourth-order valence-electron chi connectivity index (χ4n) is 3.20. The number of carbonyl (C=O) groups is 1. The normalized spacial score (nSPS) is 17.7. The number of aromatic amines is 2. The molecule has 0 aromatic carbocycles. The van der Waals surface area contributed by atoms with Gasteiger partial charge in [-0.15, -0.1) is 0 Å². The first-order valence-corrected chi connectivity index (χ1v) is 8.34. The number of carbonyl (C=O) groups excluding carboxylic acids is 1. The standard InChI is InChI=1S/C16H21N5O4/c1-9-12(14(23)19-16(24)17-9)5-6-13(22)21-7-3-4-11(8-21)15-18-10(2)20-25-15/h11H,3-8H2,1-2H3,(H2,17,19,23,24). The number of hydrogen-bond acceptors (Lipinski definition) is 6. The van der Waals surface area contributed by atoms with Crippen molar-refractivity contribution in [1.82, 2.24) is 25.0 Å². The number of amides is 1. The van der Waals surface area contributed by atoms with Crippen LogP contribution < -0.4 is 11.2 Å². The SMILES string of the molecule is Cc1noc(C2CCCN(C(=O)CCc3c(C)[nH]c(=O)[nH]c3=O)C2)n1. The number of nitrogens with zero attached hydrogens (tertiary/aromatic N) is 3. The summed E-state index contributed by atoms with van der Waals surface area (Å²) in [4.78, 5) is 46.4. The molecule has 3 heterocycles. The molecular weight excluding hydrogens is 326 g/mol. The molecule has 2 aromatic rings. The average molecular weight is 347 g/mol. The lowest BCUT2D eigenvalue weighted by Crippen LogP contribution is -2.39. The van der Waals surface area contributed by atoms with Gasteiger partial charge in [0, 0.05) is 30.8 Å². The molecule has 0 spiro atoms. The second-order valence-corrected chi connectivity index (χ2v) is 6.37. The molecule has 2 aromatic heterocycles. The molecule has 1 amide bonds. The van der Waals surface area contributed by atoms with E-state index in [9.17, 15) is 14.4 Å². The number of aryl methyl sites for hydroxylation is 2. The fraction of sp³-hybridized carbons (Fsp3) is 0.562. The van der Waals surface area contributed by atoms with Gasteiger partial charge in [-0.3, -0.25) is 14.6 Å². The minimum atomic E-state index is -0.536. The molecule has 9 heteroatoms. The highest BCUT2D eigenvalue weighted by molar-refractivity contribution is 5.76. The monoisotopic (exact) mass is 347 g/mol. The number of rotatable bonds is 4. The van der Waals surface area contributed by atoms with Crippen molar-refractivity contribution in [2.24, 2.45) is 0 Å². The van der Waals surface area contributed by atoms with Crippen LogP contribution in [0.5, 0.6) is 0 Å². The first-order chi connectivity index (χ1) is 11.9. The zero-order valence-corrected chi connectivity index (χ0v) is 14.3. The summed E-state index contributed by atoms with van der Waals surface area (Å²) in [6.45, 7) is 4.65. The van der Waals surface area contributed by atoms with Crippen LogP contribution in [0.15, 0.2) is 14.1 Å². The molecule has 3 rings (SSSR count). The highest BCUT2D eigenvalue weighted by Crippen LogP contribution is 2.26. The molecule has 9 nitrogen and oxygen atoms in total. The van der Waals surface area contributed by atoms with Crippen LogP contribution in [-0.2, 0) is 11.2 Å². The van der Waals surface area contributed by atoms with E-state index < -0.39 is 11.2 Å². The summed E-state index contributed by atoms with van der Waals surface area (Å²) in [6, 6.07) is 0. The van der Waals surface area contributed by atoms with E-state index in [0.717, 1.165) is 12.8 Å². The van der Waals surface area contributed by atoms with Crippen molar-refractivity contribution in [3.05, 3.63) is 43.8 Å². The number of aromatic nitrogens is 4. The van der Waals surface area contributed by atoms with Gasteiger partial charge in [0.15, 0.2) is 5.82 Å². The molecule has 134 valence electrons. The predicted octanol–water partition coefficient (Wildman–Crippen LogP) is 0.402. The first kappa shape index (κ1) is 17.1. The van der Waals surface area contributed by atoms with Crippen LogP contribution in [0.25, 0.3) is 0 Å². The van der Waals surface area contributed by atoms with E-state index in [0.29, 0.717) is 36.1 Å². The van der Waals surface area contributed by atoms with E-state index in [-0.39, 0.29) is 24.7 Å². The van der Waals surface area contributed by atoms with Crippen molar-refractivity contribution >= 4 is 5.91 Å². The van der Waals surface area contributed by atoms with Crippen LogP contribution in [0.1, 0.15) is 48.2 Å². The minimum Gasteiger partial charge on any atom is -0.342 e. The zero-order chi connectivity index (χ0) is 18.0. The predicted molar refractivity (Wildman–Crippen MR) is 88.3 cm³/mol. The van der Waals surface area contributed by atoms with E-state index in [1.165, 1.54) is 0 Å². The fourth-order valence-corrected chi connectivity index (χ4v) is 3.20. The van der Waals surface area contributed by atoms with E-state index in [2.05, 4.69) is 20.1 Å². The molecule has 0 saturated carbocycles. The molecule has 1 saturated heterocycles. The Morgan fingerprint density at radius 3 is 2.80 bits per heavy atom. The molecule has 25 heavy (non-hydrogen) atoms. The highest BCUT2D eigenvalue weighted by Gasteiger charge is 2.28. The van der Waals surface area contributed by atoms with Gasteiger partial charge < -0.3 is 14.4 Å². The number of piperidine rings is 1. The Balaban J connectivity index is 1.63. The first-order valence-electron chi connectivity index (χ1n) is 8.34. The molecule has 0 bridgehead atoms. The zero-order valence-electron chi connectivity index (χ0n) is 14.3. The smallest absolute Gasteiger partial charge is 0.325 e. The van der Waals surface area contributed by atoms with Crippen LogP contribution in [0.3, 0.4) is 0 Å². The van der Waals surface area contributed by atoms with Gasteiger partial charge in [-0.2, -0.15) is 4.98 Å². The Morgan fingerprint density at radius 2 is 2.12 bits per heavy atom. The second-order valence-electron chi connectivity index (χ2n) is 6.37. The van der Waals surface area contributed by atoms with Gasteiger partial charge in [-0.05, 0) is 33.1 Å². The van der Waals surface area contributed by atoms with Gasteiger partial charge in [0.1, 0.15) is 0 Å². The number of H-pyrrole nitrogens is 2. The molecule has 2 N–H and O–H groups in total. The van der Waals surface area contributed by atoms with Gasteiger partial charge in [-0.1, -0.05) is 5.16 Å². The highest BCUT2D eigenvalue weighted by atomic mass is 16.5. The van der Waals surface area contributed by atoms with Crippen molar-refractivity contribution < 1.29 is 9.32 Å². The number of likely N-dealkylation sites (tertiary alicyclic amines) is 1. The van der Waals surface area contributed by atoms with E-state index >= 15 is 0 Å². The largest absolute Gasteiger partial charge is 0.342 e. The van der Waals surface area contributed by atoms with Crippen molar-refractivity contribution in [3.63, 3.8) is 0 Å². The van der Waals surface area contributed by atoms with Crippen LogP contribution in [0.2, 0.25) is 0 Å². The van der Waals surface area contributed by atoms with E-state index in [4.69, 9.17) is 4.52 Å². The minimum absolute atomic E-state index is 0.0223. The lowest BCUT2D eigenvalue weighted by Gasteiger charge is -2.31. The summed E-state index contributed by atoms with van der Waals surface area (Å²) in [6.07, 6.45) is 2.28. The Morgan fingerprint density at radius 1 is 1.32 bits per heavy atom. The summed E-state index contributed by atoms with van der Waals surface area (Å²) in [7, 11) is 0. The summed E-state index contributed by atoms with van der Waals surface area (Å²) in [5.41, 5.74) is -0.0355. The van der Waals surface area contributed by atoms with Crippen LogP contribution in [-0.4, -0.2) is 44.0 Å². The molecule has 1 aliphatic rings. The molecule has 1 unspecified atom stereocenters.